The normalized spacial score (nSPS) is 12.8. The van der Waals surface area contributed by atoms with E-state index >= 15 is 0 Å². The molecule has 0 aliphatic rings. The van der Waals surface area contributed by atoms with Crippen LogP contribution in [0.3, 0.4) is 0 Å². The number of allylic oxidation sites excluding steroid dienone is 3. The number of carboxylic acid groups (broad SMARTS) is 1. The first-order chi connectivity index (χ1) is 5.63. The van der Waals surface area contributed by atoms with E-state index < -0.39 is 5.97 Å². The molecule has 0 aromatic rings. The first kappa shape index (κ1) is 10.5. The summed E-state index contributed by atoms with van der Waals surface area (Å²) in [5, 5.41) is 8.68. The summed E-state index contributed by atoms with van der Waals surface area (Å²) in [6.07, 6.45) is 5.19. The van der Waals surface area contributed by atoms with E-state index in [0.717, 1.165) is 0 Å². The Labute approximate surface area is 71.9 Å². The molecule has 0 aliphatic carbocycles. The summed E-state index contributed by atoms with van der Waals surface area (Å²) in [6, 6.07) is 0. The number of carboxylic acids is 1. The molecule has 0 unspecified atom stereocenters. The van der Waals surface area contributed by atoms with Gasteiger partial charge in [0.2, 0.25) is 0 Å². The fourth-order valence-electron chi connectivity index (χ4n) is 0.688. The van der Waals surface area contributed by atoms with Crippen LogP contribution in [0.1, 0.15) is 13.3 Å². The SMILES string of the molecule is C=C/C(N)=C(\C/C=C\C)C(=O)O. The standard InChI is InChI=1S/C9H13NO2/c1-3-5-6-7(9(11)12)8(10)4-2/h3-5H,2,6,10H2,1H3,(H,11,12)/b5-3-,8-7-. The topological polar surface area (TPSA) is 63.3 Å². The molecule has 0 saturated carbocycles. The van der Waals surface area contributed by atoms with Gasteiger partial charge in [-0.2, -0.15) is 0 Å². The van der Waals surface area contributed by atoms with Gasteiger partial charge in [-0.15, -0.1) is 0 Å². The number of hydrogen-bond donors (Lipinski definition) is 2. The summed E-state index contributed by atoms with van der Waals surface area (Å²) in [7, 11) is 0. The van der Waals surface area contributed by atoms with Gasteiger partial charge in [0.1, 0.15) is 0 Å². The smallest absolute Gasteiger partial charge is 0.333 e. The van der Waals surface area contributed by atoms with Crippen molar-refractivity contribution in [2.45, 2.75) is 13.3 Å². The van der Waals surface area contributed by atoms with Gasteiger partial charge in [0.05, 0.1) is 5.57 Å². The third kappa shape index (κ3) is 3.05. The second-order valence-electron chi connectivity index (χ2n) is 2.22. The third-order valence-corrected chi connectivity index (χ3v) is 1.38. The highest BCUT2D eigenvalue weighted by Gasteiger charge is 2.07. The second kappa shape index (κ2) is 5.18. The summed E-state index contributed by atoms with van der Waals surface area (Å²) in [5.74, 6) is -0.995. The molecule has 3 N–H and O–H groups in total. The van der Waals surface area contributed by atoms with E-state index in [9.17, 15) is 4.79 Å². The molecule has 0 aliphatic heterocycles. The molecule has 0 heterocycles. The molecule has 0 rings (SSSR count). The largest absolute Gasteiger partial charge is 0.478 e. The Morgan fingerprint density at radius 1 is 1.67 bits per heavy atom. The molecule has 0 atom stereocenters. The molecule has 0 aromatic carbocycles. The van der Waals surface area contributed by atoms with Gasteiger partial charge in [-0.3, -0.25) is 0 Å². The molecule has 12 heavy (non-hydrogen) atoms. The molecule has 66 valence electrons. The molecule has 0 bridgehead atoms. The number of rotatable bonds is 4. The van der Waals surface area contributed by atoms with E-state index in [-0.39, 0.29) is 11.3 Å². The van der Waals surface area contributed by atoms with Crippen LogP contribution in [0, 0.1) is 0 Å². The highest BCUT2D eigenvalue weighted by Crippen LogP contribution is 2.06. The molecule has 3 heteroatoms. The van der Waals surface area contributed by atoms with Crippen LogP contribution in [-0.2, 0) is 4.79 Å². The lowest BCUT2D eigenvalue weighted by atomic mass is 10.1. The molecule has 0 amide bonds. The molecular formula is C9H13NO2. The summed E-state index contributed by atoms with van der Waals surface area (Å²) in [5.41, 5.74) is 5.81. The van der Waals surface area contributed by atoms with Gasteiger partial charge < -0.3 is 10.8 Å². The maximum absolute atomic E-state index is 10.6. The Morgan fingerprint density at radius 2 is 2.25 bits per heavy atom. The lowest BCUT2D eigenvalue weighted by molar-refractivity contribution is -0.132. The molecule has 0 aromatic heterocycles. The van der Waals surface area contributed by atoms with Crippen molar-refractivity contribution >= 4 is 5.97 Å². The van der Waals surface area contributed by atoms with Crippen LogP contribution in [0.5, 0.6) is 0 Å². The maximum atomic E-state index is 10.6. The summed E-state index contributed by atoms with van der Waals surface area (Å²) in [4.78, 5) is 10.6. The Kier molecular flexibility index (Phi) is 4.53. The van der Waals surface area contributed by atoms with E-state index in [4.69, 9.17) is 10.8 Å². The Hall–Kier alpha value is -1.51. The van der Waals surface area contributed by atoms with Crippen molar-refractivity contribution in [1.29, 1.82) is 0 Å². The van der Waals surface area contributed by atoms with Gasteiger partial charge in [-0.1, -0.05) is 18.7 Å². The second-order valence-corrected chi connectivity index (χ2v) is 2.22. The first-order valence-corrected chi connectivity index (χ1v) is 3.59. The predicted octanol–water partition coefficient (Wildman–Crippen LogP) is 1.44. The van der Waals surface area contributed by atoms with Crippen LogP contribution < -0.4 is 5.73 Å². The molecule has 0 spiro atoms. The lowest BCUT2D eigenvalue weighted by Gasteiger charge is -2.00. The van der Waals surface area contributed by atoms with Crippen LogP contribution >= 0.6 is 0 Å². The molecule has 0 radical (unpaired) electrons. The zero-order valence-corrected chi connectivity index (χ0v) is 7.08. The number of carbonyl (C=O) groups is 1. The number of nitrogens with two attached hydrogens (primary N) is 1. The van der Waals surface area contributed by atoms with Crippen LogP contribution in [0.15, 0.2) is 36.1 Å². The van der Waals surface area contributed by atoms with Crippen molar-refractivity contribution < 1.29 is 9.90 Å². The van der Waals surface area contributed by atoms with Gasteiger partial charge in [0.25, 0.3) is 0 Å². The van der Waals surface area contributed by atoms with E-state index in [2.05, 4.69) is 6.58 Å². The zero-order valence-electron chi connectivity index (χ0n) is 7.08. The summed E-state index contributed by atoms with van der Waals surface area (Å²) in [6.45, 7) is 5.22. The predicted molar refractivity (Wildman–Crippen MR) is 48.5 cm³/mol. The van der Waals surface area contributed by atoms with Crippen LogP contribution in [0.4, 0.5) is 0 Å². The molecular weight excluding hydrogens is 154 g/mol. The minimum absolute atomic E-state index is 0.183. The Bertz CT molecular complexity index is 239. The van der Waals surface area contributed by atoms with Crippen molar-refractivity contribution in [2.75, 3.05) is 0 Å². The van der Waals surface area contributed by atoms with Crippen molar-refractivity contribution in [3.63, 3.8) is 0 Å². The fraction of sp³-hybridized carbons (Fsp3) is 0.222. The molecule has 3 nitrogen and oxygen atoms in total. The minimum atomic E-state index is -0.995. The van der Waals surface area contributed by atoms with E-state index in [1.54, 1.807) is 12.2 Å². The first-order valence-electron chi connectivity index (χ1n) is 3.59. The van der Waals surface area contributed by atoms with E-state index in [0.29, 0.717) is 6.42 Å². The van der Waals surface area contributed by atoms with E-state index in [1.807, 2.05) is 6.92 Å². The van der Waals surface area contributed by atoms with Gasteiger partial charge in [-0.05, 0) is 19.4 Å². The van der Waals surface area contributed by atoms with Crippen molar-refractivity contribution in [2.24, 2.45) is 5.73 Å². The van der Waals surface area contributed by atoms with Crippen molar-refractivity contribution in [3.8, 4) is 0 Å². The summed E-state index contributed by atoms with van der Waals surface area (Å²) < 4.78 is 0. The van der Waals surface area contributed by atoms with Crippen LogP contribution in [0.2, 0.25) is 0 Å². The van der Waals surface area contributed by atoms with Crippen LogP contribution in [-0.4, -0.2) is 11.1 Å². The number of aliphatic carboxylic acids is 1. The summed E-state index contributed by atoms with van der Waals surface area (Å²) >= 11 is 0. The zero-order chi connectivity index (χ0) is 9.56. The van der Waals surface area contributed by atoms with Crippen molar-refractivity contribution in [3.05, 3.63) is 36.1 Å². The molecule has 0 fully saturated rings. The van der Waals surface area contributed by atoms with Gasteiger partial charge >= 0.3 is 5.97 Å². The Morgan fingerprint density at radius 3 is 2.58 bits per heavy atom. The number of hydrogen-bond acceptors (Lipinski definition) is 2. The van der Waals surface area contributed by atoms with Crippen LogP contribution in [0.25, 0.3) is 0 Å². The highest BCUT2D eigenvalue weighted by atomic mass is 16.4. The average Bonchev–Trinajstić information content (AvgIpc) is 2.04. The van der Waals surface area contributed by atoms with Gasteiger partial charge in [0.15, 0.2) is 0 Å². The fourth-order valence-corrected chi connectivity index (χ4v) is 0.688. The maximum Gasteiger partial charge on any atom is 0.333 e. The molecule has 0 saturated heterocycles. The van der Waals surface area contributed by atoms with Crippen molar-refractivity contribution in [1.82, 2.24) is 0 Å². The minimum Gasteiger partial charge on any atom is -0.478 e. The Balaban J connectivity index is 4.66. The van der Waals surface area contributed by atoms with Gasteiger partial charge in [0, 0.05) is 5.70 Å². The average molecular weight is 167 g/mol. The monoisotopic (exact) mass is 167 g/mol. The lowest BCUT2D eigenvalue weighted by Crippen LogP contribution is -2.08. The van der Waals surface area contributed by atoms with Gasteiger partial charge in [-0.25, -0.2) is 4.79 Å². The highest BCUT2D eigenvalue weighted by molar-refractivity contribution is 5.88. The quantitative estimate of drug-likeness (QED) is 0.378. The van der Waals surface area contributed by atoms with E-state index in [1.165, 1.54) is 6.08 Å². The third-order valence-electron chi connectivity index (χ3n) is 1.38.